The Labute approximate surface area is 729 Å². The van der Waals surface area contributed by atoms with Crippen LogP contribution in [0.2, 0.25) is 0 Å². The summed E-state index contributed by atoms with van der Waals surface area (Å²) in [5, 5.41) is 20.1. The van der Waals surface area contributed by atoms with Gasteiger partial charge < -0.3 is 75.5 Å². The van der Waals surface area contributed by atoms with E-state index >= 15 is 0 Å². The molecule has 0 bridgehead atoms. The number of aromatic nitrogens is 5. The van der Waals surface area contributed by atoms with Crippen molar-refractivity contribution in [1.29, 1.82) is 0 Å². The van der Waals surface area contributed by atoms with E-state index in [0.29, 0.717) is 42.3 Å². The van der Waals surface area contributed by atoms with Crippen molar-refractivity contribution in [3.8, 4) is 45.0 Å². The third kappa shape index (κ3) is 22.5. The molecule has 8 N–H and O–H groups in total. The van der Waals surface area contributed by atoms with Gasteiger partial charge in [0.1, 0.15) is 5.82 Å². The average Bonchev–Trinajstić information content (AvgIpc) is 1.69. The summed E-state index contributed by atoms with van der Waals surface area (Å²) in [6.45, 7) is 28.8. The zero-order valence-electron chi connectivity index (χ0n) is 73.5. The number of piperazine rings is 1. The molecule has 13 aromatic rings. The molecule has 7 aliphatic rings. The van der Waals surface area contributed by atoms with Gasteiger partial charge >= 0.3 is 0 Å². The number of benzene rings is 8. The van der Waals surface area contributed by atoms with Crippen LogP contribution in [-0.4, -0.2) is 219 Å². The molecule has 0 spiro atoms. The molecule has 0 aliphatic carbocycles. The summed E-state index contributed by atoms with van der Waals surface area (Å²) in [5.74, 6) is -0.207. The van der Waals surface area contributed by atoms with Crippen LogP contribution < -0.4 is 40.9 Å². The van der Waals surface area contributed by atoms with E-state index in [1.54, 1.807) is 12.1 Å². The second-order valence-corrected chi connectivity index (χ2v) is 36.4. The lowest BCUT2D eigenvalue weighted by Crippen LogP contribution is -2.49. The molecule has 7 fully saturated rings. The first-order chi connectivity index (χ1) is 60.3. The molecule has 18 heteroatoms. The van der Waals surface area contributed by atoms with Crippen molar-refractivity contribution in [2.45, 2.75) is 153 Å². The number of hydrogen-bond donors (Lipinski definition) is 8. The molecular weight excluding hydrogens is 1520 g/mol. The van der Waals surface area contributed by atoms with E-state index < -0.39 is 0 Å². The van der Waals surface area contributed by atoms with Gasteiger partial charge in [-0.25, -0.2) is 4.39 Å². The number of anilines is 4. The van der Waals surface area contributed by atoms with Crippen molar-refractivity contribution < 1.29 is 4.39 Å². The van der Waals surface area contributed by atoms with E-state index in [0.717, 1.165) is 100 Å². The van der Waals surface area contributed by atoms with Gasteiger partial charge in [0.05, 0.1) is 0 Å². The van der Waals surface area contributed by atoms with Gasteiger partial charge in [-0.05, 0) is 301 Å². The maximum Gasteiger partial charge on any atom is 0.123 e. The lowest BCUT2D eigenvalue weighted by Gasteiger charge is -2.38. The third-order valence-corrected chi connectivity index (χ3v) is 27.5. The van der Waals surface area contributed by atoms with E-state index in [4.69, 9.17) is 0 Å². The van der Waals surface area contributed by atoms with Crippen molar-refractivity contribution in [2.75, 3.05) is 152 Å². The summed E-state index contributed by atoms with van der Waals surface area (Å²) < 4.78 is 13.5. The van der Waals surface area contributed by atoms with Gasteiger partial charge in [0.2, 0.25) is 0 Å². The molecule has 0 saturated carbocycles. The summed E-state index contributed by atoms with van der Waals surface area (Å²) in [4.78, 5) is 38.6. The highest BCUT2D eigenvalue weighted by atomic mass is 19.1. The predicted octanol–water partition coefficient (Wildman–Crippen LogP) is 19.2. The van der Waals surface area contributed by atoms with Crippen molar-refractivity contribution >= 4 is 66.4 Å². The van der Waals surface area contributed by atoms with Gasteiger partial charge in [-0.2, -0.15) is 0 Å². The Kier molecular flexibility index (Phi) is 28.4. The first kappa shape index (κ1) is 85.1. The van der Waals surface area contributed by atoms with Crippen LogP contribution in [0.4, 0.5) is 27.1 Å². The number of nitrogens with zero attached hydrogens (tertiary/aromatic N) is 9. The average molecular weight is 1650 g/mol. The van der Waals surface area contributed by atoms with E-state index in [2.05, 4.69) is 308 Å². The van der Waals surface area contributed by atoms with Crippen molar-refractivity contribution in [3.63, 3.8) is 0 Å². The molecule has 17 nitrogen and oxygen atoms in total. The first-order valence-electron chi connectivity index (χ1n) is 46.5. The second-order valence-electron chi connectivity index (χ2n) is 36.4. The number of piperidine rings is 6. The smallest absolute Gasteiger partial charge is 0.123 e. The lowest BCUT2D eigenvalue weighted by atomic mass is 9.98. The normalized spacial score (nSPS) is 18.3. The standard InChI is InChI=1S/C29H41N5.C26H34N4.C25H25FN4.C25H32N4/c1-23(2)33-19-17-32(18-20-33)14-6-13-30-26-11-15-34(16-12-26)27-9-5-8-24(21-27)29-22-25-7-3-4-10-28(25)31-29;1-19-7-8-23(18-24(19)26-17-20-5-3-4-6-25(20)28-26)30-15-11-22(12-16-30)27-21-9-13-29(2)14-10-21;26-21-6-7-24-20(13-21)15-25(29-24)19-4-1-5-23(14-19)30-11-8-22(9-12-30)28-17-18-3-2-10-27-16-18;1-28-13-9-21(10-14-28)26-22-11-15-29(16-12-22)23-7-4-6-19(17-23)25-18-20-5-2-3-8-24(20)27-25/h3-5,7-10,21-23,26,30-31H,6,11-20H2,1-2H3;3-8,17-18,21-22,27-28H,9-16H2,1-2H3;1-7,10,13-16,22,28-29H,8-9,11-12,17H2;2-8,17-18,21-22,26-27H,9-16H2,1H3. The van der Waals surface area contributed by atoms with Crippen LogP contribution >= 0.6 is 0 Å². The number of H-pyrrole nitrogens is 4. The zero-order valence-corrected chi connectivity index (χ0v) is 73.5. The SMILES string of the molecule is CC(C)N1CCN(CCCNC2CCN(c3cccc(-c4cc5ccccc5[nH]4)c3)CC2)CC1.CN1CCC(NC2CCN(c3cccc(-c4cc5ccccc5[nH]4)c3)CC2)CC1.Cc1ccc(N2CCC(NC3CCN(C)CC3)CC2)cc1-c1cc2ccccc2[nH]1.Fc1ccc2[nH]c(-c3cccc(N4CCC(NCc5cccnc5)CC4)c3)cc2c1. The zero-order chi connectivity index (χ0) is 83.8. The molecule has 20 rings (SSSR count). The minimum atomic E-state index is -0.207. The molecule has 0 radical (unpaired) electrons. The van der Waals surface area contributed by atoms with Crippen molar-refractivity contribution in [1.82, 2.24) is 65.8 Å². The summed E-state index contributed by atoms with van der Waals surface area (Å²) in [7, 11) is 4.47. The third-order valence-electron chi connectivity index (χ3n) is 27.5. The number of para-hydroxylation sites is 3. The fraction of sp³-hybridized carbons (Fsp3) is 0.419. The van der Waals surface area contributed by atoms with E-state index in [-0.39, 0.29) is 5.82 Å². The number of likely N-dealkylation sites (tertiary alicyclic amines) is 2. The summed E-state index contributed by atoms with van der Waals surface area (Å²) in [6, 6.07) is 81.5. The topological polar surface area (TPSA) is 150 Å². The largest absolute Gasteiger partial charge is 0.371 e. The van der Waals surface area contributed by atoms with Crippen LogP contribution in [0.5, 0.6) is 0 Å². The molecule has 123 heavy (non-hydrogen) atoms. The van der Waals surface area contributed by atoms with Crippen LogP contribution in [0, 0.1) is 12.7 Å². The Balaban J connectivity index is 0.000000117. The maximum atomic E-state index is 13.5. The van der Waals surface area contributed by atoms with E-state index in [9.17, 15) is 4.39 Å². The highest BCUT2D eigenvalue weighted by molar-refractivity contribution is 5.90. The maximum absolute atomic E-state index is 13.5. The summed E-state index contributed by atoms with van der Waals surface area (Å²) in [6.07, 6.45) is 19.8. The molecule has 7 aliphatic heterocycles. The Morgan fingerprint density at radius 1 is 0.374 bits per heavy atom. The molecule has 0 amide bonds. The Morgan fingerprint density at radius 2 is 0.780 bits per heavy atom. The van der Waals surface area contributed by atoms with E-state index in [1.165, 1.54) is 236 Å². The van der Waals surface area contributed by atoms with Crippen molar-refractivity contribution in [2.24, 2.45) is 0 Å². The number of fused-ring (bicyclic) bond motifs is 4. The van der Waals surface area contributed by atoms with Crippen molar-refractivity contribution in [3.05, 3.63) is 248 Å². The molecule has 7 saturated heterocycles. The predicted molar refractivity (Wildman–Crippen MR) is 515 cm³/mol. The minimum Gasteiger partial charge on any atom is -0.371 e. The molecule has 0 unspecified atom stereocenters. The summed E-state index contributed by atoms with van der Waals surface area (Å²) >= 11 is 0. The number of halogens is 1. The minimum absolute atomic E-state index is 0.207. The number of rotatable bonds is 21. The highest BCUT2D eigenvalue weighted by Crippen LogP contribution is 2.36. The fourth-order valence-electron chi connectivity index (χ4n) is 19.8. The van der Waals surface area contributed by atoms with Gasteiger partial charge in [0.25, 0.3) is 0 Å². The molecule has 0 atom stereocenters. The van der Waals surface area contributed by atoms with Crippen LogP contribution in [0.25, 0.3) is 88.6 Å². The number of pyridine rings is 1. The molecule has 5 aromatic heterocycles. The van der Waals surface area contributed by atoms with Gasteiger partial charge in [-0.1, -0.05) is 103 Å². The summed E-state index contributed by atoms with van der Waals surface area (Å²) in [5.41, 5.74) is 22.0. The first-order valence-corrected chi connectivity index (χ1v) is 46.5. The van der Waals surface area contributed by atoms with Crippen LogP contribution in [0.3, 0.4) is 0 Å². The number of nitrogens with one attached hydrogen (secondary N) is 8. The van der Waals surface area contributed by atoms with E-state index in [1.807, 2.05) is 24.5 Å². The number of hydrogen-bond acceptors (Lipinski definition) is 13. The molecule has 12 heterocycles. The van der Waals surface area contributed by atoms with Crippen LogP contribution in [0.15, 0.2) is 231 Å². The monoisotopic (exact) mass is 1650 g/mol. The van der Waals surface area contributed by atoms with Gasteiger partial charge in [0.15, 0.2) is 0 Å². The second kappa shape index (κ2) is 41.1. The lowest BCUT2D eigenvalue weighted by molar-refractivity contribution is 0.107. The molecule has 644 valence electrons. The Morgan fingerprint density at radius 3 is 1.23 bits per heavy atom. The fourth-order valence-corrected chi connectivity index (χ4v) is 19.8. The van der Waals surface area contributed by atoms with Crippen LogP contribution in [-0.2, 0) is 6.54 Å². The molecular formula is C105H132FN17. The van der Waals surface area contributed by atoms with Gasteiger partial charge in [-0.15, -0.1) is 0 Å². The molecule has 8 aromatic carbocycles. The quantitative estimate of drug-likeness (QED) is 0.0323. The Hall–Kier alpha value is -10.1. The van der Waals surface area contributed by atoms with Gasteiger partial charge in [-0.3, -0.25) is 9.88 Å². The van der Waals surface area contributed by atoms with Gasteiger partial charge in [0, 0.05) is 234 Å². The number of aryl methyl sites for hydroxylation is 1. The number of aromatic amines is 4. The van der Waals surface area contributed by atoms with Crippen LogP contribution in [0.1, 0.15) is 108 Å². The Bertz CT molecular complexity index is 5360. The highest BCUT2D eigenvalue weighted by Gasteiger charge is 2.29.